The molecule has 5 heteroatoms. The van der Waals surface area contributed by atoms with E-state index in [4.69, 9.17) is 14.6 Å². The highest BCUT2D eigenvalue weighted by Gasteiger charge is 2.11. The highest BCUT2D eigenvalue weighted by Crippen LogP contribution is 2.26. The Kier molecular flexibility index (Phi) is 2.43. The van der Waals surface area contributed by atoms with Crippen LogP contribution < -0.4 is 5.73 Å². The van der Waals surface area contributed by atoms with Crippen molar-refractivity contribution in [2.24, 2.45) is 5.73 Å². The molecule has 1 unspecified atom stereocenters. The van der Waals surface area contributed by atoms with Crippen LogP contribution in [0.1, 0.15) is 18.9 Å². The average molecular weight is 257 g/mol. The Morgan fingerprint density at radius 1 is 1.36 bits per heavy atom. The molecule has 2 rings (SSSR count). The Labute approximate surface area is 89.2 Å². The molecule has 4 nitrogen and oxygen atoms in total. The first-order chi connectivity index (χ1) is 6.66. The molecule has 0 aliphatic heterocycles. The van der Waals surface area contributed by atoms with Crippen LogP contribution in [0.3, 0.4) is 0 Å². The minimum Gasteiger partial charge on any atom is -0.446 e. The van der Waals surface area contributed by atoms with Crippen molar-refractivity contribution in [3.63, 3.8) is 0 Å². The first-order valence-electron chi connectivity index (χ1n) is 4.14. The van der Waals surface area contributed by atoms with Crippen LogP contribution in [0, 0.1) is 0 Å². The summed E-state index contributed by atoms with van der Waals surface area (Å²) in [7, 11) is 0. The maximum Gasteiger partial charge on any atom is 0.211 e. The number of rotatable bonds is 2. The molecule has 74 valence electrons. The summed E-state index contributed by atoms with van der Waals surface area (Å²) in [5.41, 5.74) is 5.61. The van der Waals surface area contributed by atoms with E-state index in [1.807, 2.05) is 6.92 Å². The van der Waals surface area contributed by atoms with Crippen LogP contribution in [0.25, 0.3) is 11.5 Å². The van der Waals surface area contributed by atoms with E-state index in [9.17, 15) is 0 Å². The van der Waals surface area contributed by atoms with Crippen molar-refractivity contribution in [2.75, 3.05) is 0 Å². The standard InChI is InChI=1S/C9H9BrN2O2/c1-5(11)9-12-4-7(14-9)6-2-3-8(10)13-6/h2-5H,11H2,1H3. The van der Waals surface area contributed by atoms with E-state index in [1.54, 1.807) is 18.3 Å². The zero-order chi connectivity index (χ0) is 10.1. The molecule has 2 N–H and O–H groups in total. The summed E-state index contributed by atoms with van der Waals surface area (Å²) in [5.74, 6) is 1.73. The molecule has 0 saturated heterocycles. The topological polar surface area (TPSA) is 65.2 Å². The lowest BCUT2D eigenvalue weighted by Crippen LogP contribution is -2.04. The van der Waals surface area contributed by atoms with Crippen molar-refractivity contribution < 1.29 is 8.83 Å². The molecule has 0 bridgehead atoms. The fourth-order valence-corrected chi connectivity index (χ4v) is 1.37. The molecule has 0 fully saturated rings. The van der Waals surface area contributed by atoms with Crippen molar-refractivity contribution >= 4 is 15.9 Å². The van der Waals surface area contributed by atoms with Crippen LogP contribution in [0.4, 0.5) is 0 Å². The van der Waals surface area contributed by atoms with E-state index in [-0.39, 0.29) is 6.04 Å². The molecule has 0 spiro atoms. The van der Waals surface area contributed by atoms with E-state index in [1.165, 1.54) is 0 Å². The van der Waals surface area contributed by atoms with Crippen molar-refractivity contribution in [3.8, 4) is 11.5 Å². The SMILES string of the molecule is CC(N)c1ncc(-c2ccc(Br)o2)o1. The predicted octanol–water partition coefficient (Wildman–Crippen LogP) is 2.72. The summed E-state index contributed by atoms with van der Waals surface area (Å²) in [4.78, 5) is 4.03. The van der Waals surface area contributed by atoms with Crippen LogP contribution in [-0.2, 0) is 0 Å². The van der Waals surface area contributed by atoms with Gasteiger partial charge in [0.15, 0.2) is 16.2 Å². The minimum atomic E-state index is -0.206. The van der Waals surface area contributed by atoms with Gasteiger partial charge in [0, 0.05) is 0 Å². The fourth-order valence-electron chi connectivity index (χ4n) is 1.06. The smallest absolute Gasteiger partial charge is 0.211 e. The number of nitrogens with two attached hydrogens (primary N) is 1. The summed E-state index contributed by atoms with van der Waals surface area (Å²) < 4.78 is 11.4. The Hall–Kier alpha value is -1.07. The molecule has 0 aliphatic carbocycles. The molecular weight excluding hydrogens is 248 g/mol. The number of furan rings is 1. The molecule has 2 aromatic heterocycles. The lowest BCUT2D eigenvalue weighted by molar-refractivity contribution is 0.454. The van der Waals surface area contributed by atoms with E-state index in [0.717, 1.165) is 0 Å². The Bertz CT molecular complexity index is 433. The van der Waals surface area contributed by atoms with Gasteiger partial charge < -0.3 is 14.6 Å². The molecule has 0 saturated carbocycles. The molecule has 0 aliphatic rings. The highest BCUT2D eigenvalue weighted by atomic mass is 79.9. The van der Waals surface area contributed by atoms with Gasteiger partial charge in [-0.05, 0) is 35.0 Å². The van der Waals surface area contributed by atoms with Gasteiger partial charge in [-0.3, -0.25) is 0 Å². The lowest BCUT2D eigenvalue weighted by atomic mass is 10.4. The molecule has 1 atom stereocenters. The zero-order valence-electron chi connectivity index (χ0n) is 7.53. The third kappa shape index (κ3) is 1.73. The number of oxazole rings is 1. The van der Waals surface area contributed by atoms with Crippen molar-refractivity contribution in [2.45, 2.75) is 13.0 Å². The summed E-state index contributed by atoms with van der Waals surface area (Å²) >= 11 is 3.21. The first kappa shape index (κ1) is 9.48. The Morgan fingerprint density at radius 2 is 2.14 bits per heavy atom. The van der Waals surface area contributed by atoms with Gasteiger partial charge in [-0.25, -0.2) is 4.98 Å². The predicted molar refractivity (Wildman–Crippen MR) is 54.5 cm³/mol. The van der Waals surface area contributed by atoms with Crippen LogP contribution in [0.2, 0.25) is 0 Å². The quantitative estimate of drug-likeness (QED) is 0.898. The van der Waals surface area contributed by atoms with Gasteiger partial charge in [0.05, 0.1) is 12.2 Å². The van der Waals surface area contributed by atoms with Crippen LogP contribution >= 0.6 is 15.9 Å². The van der Waals surface area contributed by atoms with Gasteiger partial charge in [-0.2, -0.15) is 0 Å². The second kappa shape index (κ2) is 3.59. The van der Waals surface area contributed by atoms with E-state index in [2.05, 4.69) is 20.9 Å². The molecular formula is C9H9BrN2O2. The average Bonchev–Trinajstić information content (AvgIpc) is 2.70. The second-order valence-electron chi connectivity index (χ2n) is 2.96. The number of hydrogen-bond acceptors (Lipinski definition) is 4. The summed E-state index contributed by atoms with van der Waals surface area (Å²) in [5, 5.41) is 0. The molecule has 2 heterocycles. The molecule has 14 heavy (non-hydrogen) atoms. The van der Waals surface area contributed by atoms with Crippen LogP contribution in [0.5, 0.6) is 0 Å². The van der Waals surface area contributed by atoms with E-state index >= 15 is 0 Å². The van der Waals surface area contributed by atoms with E-state index < -0.39 is 0 Å². The van der Waals surface area contributed by atoms with Crippen molar-refractivity contribution in [1.29, 1.82) is 0 Å². The molecule has 2 aromatic rings. The number of aromatic nitrogens is 1. The molecule has 0 amide bonds. The monoisotopic (exact) mass is 256 g/mol. The second-order valence-corrected chi connectivity index (χ2v) is 3.74. The highest BCUT2D eigenvalue weighted by molar-refractivity contribution is 9.10. The zero-order valence-corrected chi connectivity index (χ0v) is 9.11. The summed E-state index contributed by atoms with van der Waals surface area (Å²) in [6.45, 7) is 1.81. The Morgan fingerprint density at radius 3 is 2.64 bits per heavy atom. The molecule has 0 aromatic carbocycles. The van der Waals surface area contributed by atoms with Gasteiger partial charge in [0.25, 0.3) is 0 Å². The van der Waals surface area contributed by atoms with Crippen LogP contribution in [0.15, 0.2) is 31.8 Å². The van der Waals surface area contributed by atoms with Gasteiger partial charge in [0.2, 0.25) is 5.89 Å². The number of halogens is 1. The van der Waals surface area contributed by atoms with Crippen molar-refractivity contribution in [3.05, 3.63) is 28.9 Å². The minimum absolute atomic E-state index is 0.206. The Balaban J connectivity index is 2.33. The summed E-state index contributed by atoms with van der Waals surface area (Å²) in [6, 6.07) is 3.39. The third-order valence-corrected chi connectivity index (χ3v) is 2.16. The molecule has 0 radical (unpaired) electrons. The van der Waals surface area contributed by atoms with E-state index in [0.29, 0.717) is 22.1 Å². The maximum absolute atomic E-state index is 5.61. The largest absolute Gasteiger partial charge is 0.446 e. The van der Waals surface area contributed by atoms with Crippen LogP contribution in [-0.4, -0.2) is 4.98 Å². The number of hydrogen-bond donors (Lipinski definition) is 1. The third-order valence-electron chi connectivity index (χ3n) is 1.73. The normalized spacial score (nSPS) is 13.1. The summed E-state index contributed by atoms with van der Waals surface area (Å²) in [6.07, 6.45) is 1.60. The van der Waals surface area contributed by atoms with Crippen molar-refractivity contribution in [1.82, 2.24) is 4.98 Å². The first-order valence-corrected chi connectivity index (χ1v) is 4.93. The lowest BCUT2D eigenvalue weighted by Gasteiger charge is -1.95. The van der Waals surface area contributed by atoms with Gasteiger partial charge in [-0.1, -0.05) is 0 Å². The fraction of sp³-hybridized carbons (Fsp3) is 0.222. The maximum atomic E-state index is 5.61. The van der Waals surface area contributed by atoms with Gasteiger partial charge >= 0.3 is 0 Å². The van der Waals surface area contributed by atoms with Gasteiger partial charge in [0.1, 0.15) is 0 Å². The van der Waals surface area contributed by atoms with Gasteiger partial charge in [-0.15, -0.1) is 0 Å². The number of nitrogens with zero attached hydrogens (tertiary/aromatic N) is 1.